The van der Waals surface area contributed by atoms with Gasteiger partial charge in [-0.1, -0.05) is 101 Å². The maximum absolute atomic E-state index is 12.1. The number of hydrogen-bond donors (Lipinski definition) is 4. The molecular formula is C62H50N6O4. The number of aromatic amines is 1. The second-order valence-electron chi connectivity index (χ2n) is 18.5. The molecule has 4 aliphatic rings. The standard InChI is InChI=1S/C62H50N6O4/c1-37-5-21-45(22-6-37)67(46-23-7-38(2)8-24-46)59-53-33-31-51(64-53)57(41-13-17-43(18-14-41)61(69)70)49-29-30-50(63-49)58(42-15-19-44(20-16-42)62(71)72)52-32-34-54(65-52)60(56-36-35-55(59)66-56)68(47-25-9-39(3)10-26-47)48-27-11-40(4)12-28-48/h5-35,56,63,66H,36H2,1-4H3,(H,69,70)(H,71,72)/b57-49-,58-50-,59-53+,60-54+. The number of aromatic nitrogens is 1. The Labute approximate surface area is 417 Å². The maximum Gasteiger partial charge on any atom is 0.335 e. The summed E-state index contributed by atoms with van der Waals surface area (Å²) in [6.45, 7) is 8.37. The number of nitrogens with zero attached hydrogens (tertiary/aromatic N) is 4. The number of nitrogens with one attached hydrogen (secondary N) is 2. The molecule has 352 valence electrons. The van der Waals surface area contributed by atoms with Crippen molar-refractivity contribution < 1.29 is 19.8 Å². The molecule has 0 saturated heterocycles. The molecule has 8 bridgehead atoms. The molecule has 5 heterocycles. The summed E-state index contributed by atoms with van der Waals surface area (Å²) in [6.07, 6.45) is 11.1. The molecule has 4 N–H and O–H groups in total. The topological polar surface area (TPSA) is 134 Å². The maximum atomic E-state index is 12.1. The highest BCUT2D eigenvalue weighted by molar-refractivity contribution is 6.31. The SMILES string of the molecule is Cc1ccc(N(/C2=C3\C=CC(=N3)/C(c3ccc(C(=O)O)cc3)=c3/cc/c([nH]3)=C(\c3ccc(C(=O)O)cc3)C3=N/C(=C(/N(c4ccc(C)cc4)c4ccc(C)cc4)C4CC=C2N4)C=C3)c2ccc(C)cc2)cc1. The van der Waals surface area contributed by atoms with Gasteiger partial charge < -0.3 is 30.3 Å². The van der Waals surface area contributed by atoms with E-state index in [9.17, 15) is 19.8 Å². The van der Waals surface area contributed by atoms with Crippen LogP contribution in [0.4, 0.5) is 22.7 Å². The number of anilines is 4. The van der Waals surface area contributed by atoms with Gasteiger partial charge in [0, 0.05) is 44.6 Å². The van der Waals surface area contributed by atoms with Crippen LogP contribution < -0.4 is 25.8 Å². The molecule has 1 unspecified atom stereocenters. The van der Waals surface area contributed by atoms with Gasteiger partial charge in [0.05, 0.1) is 57.1 Å². The van der Waals surface area contributed by atoms with Gasteiger partial charge in [-0.2, -0.15) is 0 Å². The van der Waals surface area contributed by atoms with E-state index in [1.54, 1.807) is 24.3 Å². The molecule has 10 nitrogen and oxygen atoms in total. The zero-order valence-electron chi connectivity index (χ0n) is 40.2. The number of allylic oxidation sites excluding steroid dienone is 4. The molecular weight excluding hydrogens is 893 g/mol. The van der Waals surface area contributed by atoms with Crippen molar-refractivity contribution in [1.82, 2.24) is 10.3 Å². The van der Waals surface area contributed by atoms with Gasteiger partial charge in [-0.15, -0.1) is 0 Å². The van der Waals surface area contributed by atoms with Gasteiger partial charge in [-0.3, -0.25) is 0 Å². The Morgan fingerprint density at radius 3 is 1.29 bits per heavy atom. The fourth-order valence-electron chi connectivity index (χ4n) is 9.72. The Bertz CT molecular complexity index is 3590. The molecule has 0 aliphatic carbocycles. The van der Waals surface area contributed by atoms with E-state index in [-0.39, 0.29) is 17.2 Å². The summed E-state index contributed by atoms with van der Waals surface area (Å²) < 4.78 is 0. The molecule has 0 fully saturated rings. The third-order valence-electron chi connectivity index (χ3n) is 13.5. The molecule has 4 aliphatic heterocycles. The van der Waals surface area contributed by atoms with Gasteiger partial charge in [-0.05, 0) is 154 Å². The fourth-order valence-corrected chi connectivity index (χ4v) is 9.72. The molecule has 1 atom stereocenters. The monoisotopic (exact) mass is 942 g/mol. The molecule has 11 rings (SSSR count). The van der Waals surface area contributed by atoms with Crippen molar-refractivity contribution >= 4 is 57.3 Å². The molecule has 0 amide bonds. The average Bonchev–Trinajstić information content (AvgIpc) is 4.25. The third kappa shape index (κ3) is 8.60. The predicted octanol–water partition coefficient (Wildman–Crippen LogP) is 11.4. The van der Waals surface area contributed by atoms with Crippen LogP contribution in [0, 0.1) is 27.7 Å². The highest BCUT2D eigenvalue weighted by atomic mass is 16.4. The second kappa shape index (κ2) is 18.6. The quantitative estimate of drug-likeness (QED) is 0.107. The summed E-state index contributed by atoms with van der Waals surface area (Å²) in [4.78, 5) is 43.7. The van der Waals surface area contributed by atoms with E-state index in [1.807, 2.05) is 48.6 Å². The Morgan fingerprint density at radius 1 is 0.486 bits per heavy atom. The smallest absolute Gasteiger partial charge is 0.335 e. The highest BCUT2D eigenvalue weighted by Crippen LogP contribution is 2.42. The second-order valence-corrected chi connectivity index (χ2v) is 18.5. The molecule has 0 radical (unpaired) electrons. The Hall–Kier alpha value is -9.28. The van der Waals surface area contributed by atoms with Crippen LogP contribution >= 0.6 is 0 Å². The lowest BCUT2D eigenvalue weighted by Crippen LogP contribution is -2.36. The first-order chi connectivity index (χ1) is 34.9. The number of carboxylic acids is 2. The van der Waals surface area contributed by atoms with E-state index in [4.69, 9.17) is 9.98 Å². The van der Waals surface area contributed by atoms with Crippen LogP contribution in [0.15, 0.2) is 227 Å². The van der Waals surface area contributed by atoms with Gasteiger partial charge >= 0.3 is 11.9 Å². The minimum Gasteiger partial charge on any atom is -0.478 e. The number of aromatic carboxylic acids is 2. The zero-order valence-corrected chi connectivity index (χ0v) is 40.2. The molecule has 7 aromatic rings. The lowest BCUT2D eigenvalue weighted by molar-refractivity contribution is 0.0686. The lowest BCUT2D eigenvalue weighted by Gasteiger charge is -2.34. The van der Waals surface area contributed by atoms with E-state index >= 15 is 0 Å². The Kier molecular flexibility index (Phi) is 11.6. The molecule has 72 heavy (non-hydrogen) atoms. The number of H-pyrrole nitrogens is 1. The van der Waals surface area contributed by atoms with Gasteiger partial charge in [0.15, 0.2) is 0 Å². The van der Waals surface area contributed by atoms with Crippen LogP contribution in [0.3, 0.4) is 0 Å². The van der Waals surface area contributed by atoms with E-state index in [0.717, 1.165) is 106 Å². The molecule has 1 aromatic heterocycles. The first-order valence-corrected chi connectivity index (χ1v) is 23.9. The predicted molar refractivity (Wildman–Crippen MR) is 288 cm³/mol. The van der Waals surface area contributed by atoms with Gasteiger partial charge in [0.25, 0.3) is 0 Å². The van der Waals surface area contributed by atoms with Gasteiger partial charge in [0.2, 0.25) is 0 Å². The largest absolute Gasteiger partial charge is 0.478 e. The molecule has 10 heteroatoms. The van der Waals surface area contributed by atoms with Crippen molar-refractivity contribution in [3.05, 3.63) is 272 Å². The number of rotatable bonds is 10. The first-order valence-electron chi connectivity index (χ1n) is 23.9. The van der Waals surface area contributed by atoms with Crippen molar-refractivity contribution in [2.24, 2.45) is 9.98 Å². The van der Waals surface area contributed by atoms with Gasteiger partial charge in [-0.25, -0.2) is 19.6 Å². The number of hydrogen-bond acceptors (Lipinski definition) is 7. The number of carboxylic acid groups (broad SMARTS) is 2. The summed E-state index contributed by atoms with van der Waals surface area (Å²) in [7, 11) is 0. The molecule has 0 saturated carbocycles. The fraction of sp³-hybridized carbons (Fsp3) is 0.0968. The van der Waals surface area contributed by atoms with Crippen molar-refractivity contribution in [3.63, 3.8) is 0 Å². The number of benzene rings is 6. The summed E-state index contributed by atoms with van der Waals surface area (Å²) in [5.74, 6) is -2.03. The van der Waals surface area contributed by atoms with Crippen molar-refractivity contribution in [1.29, 1.82) is 0 Å². The number of aryl methyl sites for hydroxylation is 4. The Balaban J connectivity index is 1.24. The summed E-state index contributed by atoms with van der Waals surface area (Å²) >= 11 is 0. The number of aliphatic imine (C=N–C) groups is 2. The van der Waals surface area contributed by atoms with Crippen molar-refractivity contribution in [2.75, 3.05) is 9.80 Å². The summed E-state index contributed by atoms with van der Waals surface area (Å²) in [6, 6.07) is 51.7. The summed E-state index contributed by atoms with van der Waals surface area (Å²) in [5.41, 5.74) is 17.4. The third-order valence-corrected chi connectivity index (χ3v) is 13.5. The average molecular weight is 943 g/mol. The normalized spacial score (nSPS) is 19.4. The van der Waals surface area contributed by atoms with E-state index < -0.39 is 11.9 Å². The molecule has 6 aromatic carbocycles. The van der Waals surface area contributed by atoms with Crippen LogP contribution in [0.25, 0.3) is 11.1 Å². The van der Waals surface area contributed by atoms with Crippen molar-refractivity contribution in [3.8, 4) is 0 Å². The van der Waals surface area contributed by atoms with Crippen LogP contribution in [-0.4, -0.2) is 44.6 Å². The van der Waals surface area contributed by atoms with Crippen LogP contribution in [-0.2, 0) is 0 Å². The first kappa shape index (κ1) is 45.2. The number of fused-ring (bicyclic) bond motifs is 6. The number of carbonyl (C=O) groups is 2. The van der Waals surface area contributed by atoms with Crippen LogP contribution in [0.5, 0.6) is 0 Å². The van der Waals surface area contributed by atoms with Crippen LogP contribution in [0.2, 0.25) is 0 Å². The van der Waals surface area contributed by atoms with E-state index in [2.05, 4.69) is 163 Å². The van der Waals surface area contributed by atoms with E-state index in [1.165, 1.54) is 0 Å². The van der Waals surface area contributed by atoms with Crippen LogP contribution in [0.1, 0.15) is 60.5 Å². The minimum absolute atomic E-state index is 0.171. The molecule has 0 spiro atoms. The lowest BCUT2D eigenvalue weighted by atomic mass is 9.99. The Morgan fingerprint density at radius 2 is 0.875 bits per heavy atom. The zero-order chi connectivity index (χ0) is 49.6. The van der Waals surface area contributed by atoms with Gasteiger partial charge in [0.1, 0.15) is 0 Å². The van der Waals surface area contributed by atoms with Crippen molar-refractivity contribution in [2.45, 2.75) is 40.2 Å². The minimum atomic E-state index is -1.02. The van der Waals surface area contributed by atoms with E-state index in [0.29, 0.717) is 17.8 Å². The summed E-state index contributed by atoms with van der Waals surface area (Å²) in [5, 5.41) is 25.4. The highest BCUT2D eigenvalue weighted by Gasteiger charge is 2.35.